The second-order valence-corrected chi connectivity index (χ2v) is 3.26. The van der Waals surface area contributed by atoms with Gasteiger partial charge in [0.1, 0.15) is 11.6 Å². The van der Waals surface area contributed by atoms with E-state index in [9.17, 15) is 0 Å². The summed E-state index contributed by atoms with van der Waals surface area (Å²) < 4.78 is 0. The van der Waals surface area contributed by atoms with Crippen molar-refractivity contribution in [2.45, 2.75) is 6.92 Å². The Balaban J connectivity index is 2.57. The largest absolute Gasteiger partial charge is 0.282 e. The van der Waals surface area contributed by atoms with Gasteiger partial charge in [-0.25, -0.2) is 4.99 Å². The van der Waals surface area contributed by atoms with Crippen LogP contribution in [0.5, 0.6) is 0 Å². The van der Waals surface area contributed by atoms with Crippen LogP contribution in [0.1, 0.15) is 11.1 Å². The molecule has 4 heteroatoms. The normalized spacial score (nSPS) is 14.5. The monoisotopic (exact) mass is 196 g/mol. The third kappa shape index (κ3) is 1.55. The average molecular weight is 196 g/mol. The van der Waals surface area contributed by atoms with Crippen molar-refractivity contribution in [3.8, 4) is 6.07 Å². The maximum absolute atomic E-state index is 8.89. The van der Waals surface area contributed by atoms with Crippen molar-refractivity contribution < 1.29 is 0 Å². The molecule has 0 spiro atoms. The van der Waals surface area contributed by atoms with E-state index in [4.69, 9.17) is 10.7 Å². The highest BCUT2D eigenvalue weighted by molar-refractivity contribution is 6.29. The number of rotatable bonds is 1. The van der Waals surface area contributed by atoms with Crippen LogP contribution in [0.15, 0.2) is 29.0 Å². The number of aromatic nitrogens is 1. The van der Waals surface area contributed by atoms with Crippen molar-refractivity contribution in [3.05, 3.63) is 35.2 Å². The maximum atomic E-state index is 8.89. The highest BCUT2D eigenvalue weighted by Gasteiger charge is 2.17. The number of hydrogen-bond acceptors (Lipinski definition) is 3. The third-order valence-electron chi connectivity index (χ3n) is 2.13. The van der Waals surface area contributed by atoms with Crippen LogP contribution in [0.25, 0.3) is 5.57 Å². The van der Waals surface area contributed by atoms with Gasteiger partial charge in [0.2, 0.25) is 0 Å². The van der Waals surface area contributed by atoms with Gasteiger partial charge < -0.3 is 0 Å². The van der Waals surface area contributed by atoms with Crippen LogP contribution in [0.2, 0.25) is 0 Å². The fourth-order valence-corrected chi connectivity index (χ4v) is 1.42. The van der Waals surface area contributed by atoms with Gasteiger partial charge in [-0.1, -0.05) is 0 Å². The molecule has 1 aliphatic rings. The van der Waals surface area contributed by atoms with Crippen LogP contribution in [0.3, 0.4) is 0 Å². The second kappa shape index (κ2) is 3.46. The first-order chi connectivity index (χ1) is 7.22. The van der Waals surface area contributed by atoms with Crippen LogP contribution >= 0.6 is 0 Å². The summed E-state index contributed by atoms with van der Waals surface area (Å²) in [6, 6.07) is 3.90. The molecule has 2 rings (SSSR count). The summed E-state index contributed by atoms with van der Waals surface area (Å²) in [5.41, 5.74) is 2.84. The molecule has 15 heavy (non-hydrogen) atoms. The number of hydrogen-bond donors (Lipinski definition) is 1. The summed E-state index contributed by atoms with van der Waals surface area (Å²) in [5, 5.41) is 16.3. The minimum atomic E-state index is 0.0222. The molecule has 0 amide bonds. The maximum Gasteiger partial charge on any atom is 0.163 e. The molecule has 1 aromatic heterocycles. The van der Waals surface area contributed by atoms with Crippen molar-refractivity contribution in [1.29, 1.82) is 10.7 Å². The smallest absolute Gasteiger partial charge is 0.163 e. The van der Waals surface area contributed by atoms with Gasteiger partial charge >= 0.3 is 0 Å². The molecule has 0 radical (unpaired) electrons. The molecule has 0 aromatic carbocycles. The van der Waals surface area contributed by atoms with Gasteiger partial charge in [-0.15, -0.1) is 0 Å². The summed E-state index contributed by atoms with van der Waals surface area (Å²) >= 11 is 0. The first kappa shape index (κ1) is 9.28. The topological polar surface area (TPSA) is 72.9 Å². The number of aryl methyl sites for hydroxylation is 1. The molecule has 0 atom stereocenters. The van der Waals surface area contributed by atoms with Crippen molar-refractivity contribution in [1.82, 2.24) is 4.98 Å². The Labute approximate surface area is 87.1 Å². The summed E-state index contributed by atoms with van der Waals surface area (Å²) in [6.07, 6.45) is 4.95. The molecule has 0 fully saturated rings. The lowest BCUT2D eigenvalue weighted by atomic mass is 10.0. The molecule has 0 aliphatic carbocycles. The first-order valence-corrected chi connectivity index (χ1v) is 4.42. The van der Waals surface area contributed by atoms with E-state index in [1.54, 1.807) is 12.4 Å². The van der Waals surface area contributed by atoms with E-state index in [0.717, 1.165) is 11.1 Å². The number of allylic oxidation sites excluding steroid dienone is 1. The van der Waals surface area contributed by atoms with Crippen molar-refractivity contribution in [2.75, 3.05) is 0 Å². The number of aliphatic imine (C=N–C) groups is 1. The minimum absolute atomic E-state index is 0.0222. The number of nitriles is 1. The van der Waals surface area contributed by atoms with Crippen LogP contribution in [0, 0.1) is 23.7 Å². The minimum Gasteiger partial charge on any atom is -0.282 e. The predicted molar refractivity (Wildman–Crippen MR) is 57.7 cm³/mol. The van der Waals surface area contributed by atoms with Crippen LogP contribution in [0.4, 0.5) is 0 Å². The van der Waals surface area contributed by atoms with Crippen molar-refractivity contribution in [2.24, 2.45) is 4.99 Å². The average Bonchev–Trinajstić information content (AvgIpc) is 2.59. The summed E-state index contributed by atoms with van der Waals surface area (Å²) in [5.74, 6) is 0.0222. The summed E-state index contributed by atoms with van der Waals surface area (Å²) in [4.78, 5) is 7.86. The summed E-state index contributed by atoms with van der Waals surface area (Å²) in [7, 11) is 0. The summed E-state index contributed by atoms with van der Waals surface area (Å²) in [6.45, 7) is 1.93. The lowest BCUT2D eigenvalue weighted by Gasteiger charge is -2.00. The van der Waals surface area contributed by atoms with Gasteiger partial charge in [0.15, 0.2) is 5.84 Å². The number of amidine groups is 1. The van der Waals surface area contributed by atoms with Crippen LogP contribution in [-0.4, -0.2) is 17.0 Å². The first-order valence-electron chi connectivity index (χ1n) is 4.42. The van der Waals surface area contributed by atoms with Gasteiger partial charge in [0.05, 0.1) is 0 Å². The Morgan fingerprint density at radius 1 is 1.40 bits per heavy atom. The van der Waals surface area contributed by atoms with E-state index in [2.05, 4.69) is 9.98 Å². The molecule has 1 N–H and O–H groups in total. The fourth-order valence-electron chi connectivity index (χ4n) is 1.42. The third-order valence-corrected chi connectivity index (χ3v) is 2.13. The Kier molecular flexibility index (Phi) is 2.14. The Hall–Kier alpha value is -2.28. The second-order valence-electron chi connectivity index (χ2n) is 3.26. The number of nitrogens with zero attached hydrogens (tertiary/aromatic N) is 3. The van der Waals surface area contributed by atoms with E-state index in [0.29, 0.717) is 11.1 Å². The zero-order valence-corrected chi connectivity index (χ0v) is 8.15. The zero-order chi connectivity index (χ0) is 10.8. The van der Waals surface area contributed by atoms with E-state index in [1.807, 2.05) is 19.1 Å². The Morgan fingerprint density at radius 3 is 2.87 bits per heavy atom. The molecular weight excluding hydrogens is 188 g/mol. The predicted octanol–water partition coefficient (Wildman–Crippen LogP) is 1.73. The molecule has 1 aromatic rings. The van der Waals surface area contributed by atoms with Gasteiger partial charge in [0.25, 0.3) is 0 Å². The quantitative estimate of drug-likeness (QED) is 0.742. The number of pyridine rings is 1. The van der Waals surface area contributed by atoms with Crippen LogP contribution < -0.4 is 0 Å². The van der Waals surface area contributed by atoms with E-state index in [-0.39, 0.29) is 5.84 Å². The molecule has 0 unspecified atom stereocenters. The van der Waals surface area contributed by atoms with E-state index in [1.165, 1.54) is 6.21 Å². The SMILES string of the molecule is Cc1cncc(C2=C(C#N)C(=N)N=C2)c1. The van der Waals surface area contributed by atoms with Gasteiger partial charge in [-0.05, 0) is 18.6 Å². The van der Waals surface area contributed by atoms with Gasteiger partial charge in [-0.2, -0.15) is 5.26 Å². The molecule has 0 saturated heterocycles. The van der Waals surface area contributed by atoms with Crippen molar-refractivity contribution in [3.63, 3.8) is 0 Å². The lowest BCUT2D eigenvalue weighted by Crippen LogP contribution is -1.93. The van der Waals surface area contributed by atoms with E-state index < -0.39 is 0 Å². The molecule has 72 valence electrons. The molecule has 0 saturated carbocycles. The zero-order valence-electron chi connectivity index (χ0n) is 8.15. The highest BCUT2D eigenvalue weighted by Crippen LogP contribution is 2.22. The van der Waals surface area contributed by atoms with Crippen molar-refractivity contribution >= 4 is 17.6 Å². The molecule has 2 heterocycles. The Morgan fingerprint density at radius 2 is 2.20 bits per heavy atom. The molecule has 1 aliphatic heterocycles. The van der Waals surface area contributed by atoms with Gasteiger partial charge in [-0.3, -0.25) is 10.4 Å². The molecule has 4 nitrogen and oxygen atoms in total. The Bertz CT molecular complexity index is 532. The standard InChI is InChI=1S/C11H8N4/c1-7-2-8(5-14-4-7)10-6-15-11(13)9(10)3-12/h2,4-6,13H,1H3. The van der Waals surface area contributed by atoms with Crippen LogP contribution in [-0.2, 0) is 0 Å². The fraction of sp³-hybridized carbons (Fsp3) is 0.0909. The number of nitrogens with one attached hydrogen (secondary N) is 1. The lowest BCUT2D eigenvalue weighted by molar-refractivity contribution is 1.25. The molecule has 0 bridgehead atoms. The highest BCUT2D eigenvalue weighted by atomic mass is 14.8. The van der Waals surface area contributed by atoms with E-state index >= 15 is 0 Å². The molecular formula is C11H8N4. The van der Waals surface area contributed by atoms with Gasteiger partial charge in [0, 0.05) is 29.7 Å².